The number of carbonyl (C=O) groups excluding carboxylic acids is 2. The molecule has 1 amide bonds. The standard InChI is InChI=1S/C13H15NO2/c1-9(15)7-10-3-5-12-11(8-10)4-6-13(16)14(12)2/h3,5,8H,4,6-7H2,1-2H3. The summed E-state index contributed by atoms with van der Waals surface area (Å²) in [6.07, 6.45) is 1.82. The average molecular weight is 217 g/mol. The van der Waals surface area contributed by atoms with Gasteiger partial charge >= 0.3 is 0 Å². The van der Waals surface area contributed by atoms with Gasteiger partial charge in [0.2, 0.25) is 5.91 Å². The van der Waals surface area contributed by atoms with Crippen LogP contribution in [0.2, 0.25) is 0 Å². The first-order valence-electron chi connectivity index (χ1n) is 5.45. The predicted octanol–water partition coefficient (Wildman–Crippen LogP) is 1.73. The first-order chi connectivity index (χ1) is 7.58. The second kappa shape index (κ2) is 4.08. The number of hydrogen-bond donors (Lipinski definition) is 0. The molecule has 0 unspecified atom stereocenters. The summed E-state index contributed by atoms with van der Waals surface area (Å²) in [5.74, 6) is 0.326. The fourth-order valence-electron chi connectivity index (χ4n) is 2.11. The van der Waals surface area contributed by atoms with Crippen molar-refractivity contribution in [2.24, 2.45) is 0 Å². The van der Waals surface area contributed by atoms with E-state index in [1.807, 2.05) is 18.2 Å². The summed E-state index contributed by atoms with van der Waals surface area (Å²) in [7, 11) is 1.80. The lowest BCUT2D eigenvalue weighted by Gasteiger charge is -2.26. The number of amides is 1. The number of carbonyl (C=O) groups is 2. The molecule has 0 spiro atoms. The van der Waals surface area contributed by atoms with E-state index in [0.717, 1.165) is 17.7 Å². The zero-order valence-corrected chi connectivity index (χ0v) is 9.62. The minimum atomic E-state index is 0.159. The smallest absolute Gasteiger partial charge is 0.227 e. The van der Waals surface area contributed by atoms with E-state index in [-0.39, 0.29) is 11.7 Å². The Labute approximate surface area is 95.1 Å². The summed E-state index contributed by atoms with van der Waals surface area (Å²) >= 11 is 0. The molecule has 1 aliphatic rings. The SMILES string of the molecule is CC(=O)Cc1ccc2c(c1)CCC(=O)N2C. The average Bonchev–Trinajstić information content (AvgIpc) is 2.23. The molecule has 84 valence electrons. The van der Waals surface area contributed by atoms with Crippen molar-refractivity contribution in [1.29, 1.82) is 0 Å². The van der Waals surface area contributed by atoms with Crippen LogP contribution in [0.5, 0.6) is 0 Å². The minimum Gasteiger partial charge on any atom is -0.315 e. The van der Waals surface area contributed by atoms with Crippen LogP contribution in [0.25, 0.3) is 0 Å². The molecule has 2 rings (SSSR count). The highest BCUT2D eigenvalue weighted by Crippen LogP contribution is 2.27. The van der Waals surface area contributed by atoms with Crippen LogP contribution in [0.3, 0.4) is 0 Å². The summed E-state index contributed by atoms with van der Waals surface area (Å²) in [6, 6.07) is 5.90. The molecule has 0 radical (unpaired) electrons. The summed E-state index contributed by atoms with van der Waals surface area (Å²) in [5.41, 5.74) is 3.18. The number of Topliss-reactive ketones (excluding diaryl/α,β-unsaturated/α-hetero) is 1. The zero-order chi connectivity index (χ0) is 11.7. The molecule has 1 aromatic rings. The molecule has 0 fully saturated rings. The molecular formula is C13H15NO2. The zero-order valence-electron chi connectivity index (χ0n) is 9.62. The Morgan fingerprint density at radius 3 is 2.81 bits per heavy atom. The molecule has 3 nitrogen and oxygen atoms in total. The van der Waals surface area contributed by atoms with Gasteiger partial charge in [-0.3, -0.25) is 9.59 Å². The summed E-state index contributed by atoms with van der Waals surface area (Å²) in [5, 5.41) is 0. The molecule has 0 bridgehead atoms. The lowest BCUT2D eigenvalue weighted by Crippen LogP contribution is -2.31. The van der Waals surface area contributed by atoms with Crippen molar-refractivity contribution >= 4 is 17.4 Å². The summed E-state index contributed by atoms with van der Waals surface area (Å²) in [4.78, 5) is 24.2. The largest absolute Gasteiger partial charge is 0.315 e. The van der Waals surface area contributed by atoms with Gasteiger partial charge < -0.3 is 4.90 Å². The highest BCUT2D eigenvalue weighted by molar-refractivity contribution is 5.96. The van der Waals surface area contributed by atoms with Crippen LogP contribution in [0.1, 0.15) is 24.5 Å². The Morgan fingerprint density at radius 1 is 1.38 bits per heavy atom. The second-order valence-corrected chi connectivity index (χ2v) is 4.29. The molecule has 16 heavy (non-hydrogen) atoms. The number of nitrogens with zero attached hydrogens (tertiary/aromatic N) is 1. The van der Waals surface area contributed by atoms with Gasteiger partial charge in [0.15, 0.2) is 0 Å². The van der Waals surface area contributed by atoms with Gasteiger partial charge in [0.1, 0.15) is 5.78 Å². The third-order valence-corrected chi connectivity index (χ3v) is 2.94. The Balaban J connectivity index is 2.33. The highest BCUT2D eigenvalue weighted by atomic mass is 16.2. The van der Waals surface area contributed by atoms with Crippen LogP contribution in [-0.4, -0.2) is 18.7 Å². The Morgan fingerprint density at radius 2 is 2.12 bits per heavy atom. The van der Waals surface area contributed by atoms with Crippen molar-refractivity contribution in [3.8, 4) is 0 Å². The lowest BCUT2D eigenvalue weighted by atomic mass is 9.97. The van der Waals surface area contributed by atoms with Crippen LogP contribution in [0, 0.1) is 0 Å². The summed E-state index contributed by atoms with van der Waals surface area (Å²) < 4.78 is 0. The van der Waals surface area contributed by atoms with Crippen molar-refractivity contribution in [1.82, 2.24) is 0 Å². The molecule has 0 N–H and O–H groups in total. The van der Waals surface area contributed by atoms with Crippen molar-refractivity contribution in [3.05, 3.63) is 29.3 Å². The Bertz CT molecular complexity index is 451. The lowest BCUT2D eigenvalue weighted by molar-refractivity contribution is -0.118. The molecule has 0 atom stereocenters. The molecule has 1 aliphatic heterocycles. The number of rotatable bonds is 2. The van der Waals surface area contributed by atoms with E-state index >= 15 is 0 Å². The van der Waals surface area contributed by atoms with Crippen LogP contribution >= 0.6 is 0 Å². The van der Waals surface area contributed by atoms with Crippen molar-refractivity contribution in [2.75, 3.05) is 11.9 Å². The van der Waals surface area contributed by atoms with E-state index in [2.05, 4.69) is 0 Å². The van der Waals surface area contributed by atoms with Crippen molar-refractivity contribution < 1.29 is 9.59 Å². The maximum Gasteiger partial charge on any atom is 0.227 e. The molecule has 0 aromatic heterocycles. The number of anilines is 1. The number of hydrogen-bond acceptors (Lipinski definition) is 2. The van der Waals surface area contributed by atoms with Gasteiger partial charge in [-0.1, -0.05) is 12.1 Å². The number of fused-ring (bicyclic) bond motifs is 1. The summed E-state index contributed by atoms with van der Waals surface area (Å²) in [6.45, 7) is 1.59. The van der Waals surface area contributed by atoms with E-state index < -0.39 is 0 Å². The first-order valence-corrected chi connectivity index (χ1v) is 5.45. The predicted molar refractivity (Wildman–Crippen MR) is 62.6 cm³/mol. The minimum absolute atomic E-state index is 0.159. The van der Waals surface area contributed by atoms with Gasteiger partial charge in [-0.05, 0) is 30.5 Å². The normalized spacial score (nSPS) is 14.9. The molecule has 0 saturated heterocycles. The maximum absolute atomic E-state index is 11.5. The third-order valence-electron chi connectivity index (χ3n) is 2.94. The van der Waals surface area contributed by atoms with Gasteiger partial charge in [-0.15, -0.1) is 0 Å². The highest BCUT2D eigenvalue weighted by Gasteiger charge is 2.20. The molecule has 1 aromatic carbocycles. The van der Waals surface area contributed by atoms with Crippen molar-refractivity contribution in [3.63, 3.8) is 0 Å². The van der Waals surface area contributed by atoms with E-state index in [4.69, 9.17) is 0 Å². The van der Waals surface area contributed by atoms with Gasteiger partial charge in [-0.25, -0.2) is 0 Å². The van der Waals surface area contributed by atoms with Gasteiger partial charge in [0, 0.05) is 25.6 Å². The van der Waals surface area contributed by atoms with Crippen LogP contribution in [0.4, 0.5) is 5.69 Å². The fraction of sp³-hybridized carbons (Fsp3) is 0.385. The molecule has 1 heterocycles. The molecule has 0 saturated carbocycles. The maximum atomic E-state index is 11.5. The van der Waals surface area contributed by atoms with Gasteiger partial charge in [0.25, 0.3) is 0 Å². The molecule has 3 heteroatoms. The van der Waals surface area contributed by atoms with Crippen LogP contribution in [0.15, 0.2) is 18.2 Å². The number of benzene rings is 1. The molecular weight excluding hydrogens is 202 g/mol. The van der Waals surface area contributed by atoms with E-state index in [0.29, 0.717) is 12.8 Å². The second-order valence-electron chi connectivity index (χ2n) is 4.29. The van der Waals surface area contributed by atoms with Gasteiger partial charge in [-0.2, -0.15) is 0 Å². The third kappa shape index (κ3) is 1.98. The van der Waals surface area contributed by atoms with E-state index in [9.17, 15) is 9.59 Å². The quantitative estimate of drug-likeness (QED) is 0.756. The van der Waals surface area contributed by atoms with E-state index in [1.54, 1.807) is 18.9 Å². The Kier molecular flexibility index (Phi) is 2.77. The van der Waals surface area contributed by atoms with Crippen molar-refractivity contribution in [2.45, 2.75) is 26.2 Å². The number of ketones is 1. The van der Waals surface area contributed by atoms with Crippen LogP contribution < -0.4 is 4.90 Å². The number of aryl methyl sites for hydroxylation is 1. The monoisotopic (exact) mass is 217 g/mol. The fourth-order valence-corrected chi connectivity index (χ4v) is 2.11. The van der Waals surface area contributed by atoms with E-state index in [1.165, 1.54) is 5.56 Å². The van der Waals surface area contributed by atoms with Gasteiger partial charge in [0.05, 0.1) is 0 Å². The topological polar surface area (TPSA) is 37.4 Å². The first kappa shape index (κ1) is 10.9. The molecule has 0 aliphatic carbocycles. The Hall–Kier alpha value is -1.64. The van der Waals surface area contributed by atoms with Crippen LogP contribution in [-0.2, 0) is 22.4 Å².